The Kier molecular flexibility index (Phi) is 7.42. The van der Waals surface area contributed by atoms with Crippen LogP contribution in [0.4, 0.5) is 0 Å². The van der Waals surface area contributed by atoms with Crippen molar-refractivity contribution >= 4 is 29.9 Å². The van der Waals surface area contributed by atoms with E-state index in [2.05, 4.69) is 10.6 Å². The van der Waals surface area contributed by atoms with Crippen molar-refractivity contribution in [3.8, 4) is 0 Å². The fourth-order valence-electron chi connectivity index (χ4n) is 2.53. The van der Waals surface area contributed by atoms with E-state index in [4.69, 9.17) is 0 Å². The molecular weight excluding hydrogens is 350 g/mol. The average Bonchev–Trinajstić information content (AvgIpc) is 2.98. The highest BCUT2D eigenvalue weighted by atomic mass is 16.2. The molecule has 1 aliphatic heterocycles. The zero-order valence-electron chi connectivity index (χ0n) is 14.6. The quantitative estimate of drug-likeness (QED) is 0.547. The third kappa shape index (κ3) is 6.50. The summed E-state index contributed by atoms with van der Waals surface area (Å²) in [5, 5.41) is 4.94. The van der Waals surface area contributed by atoms with Gasteiger partial charge in [0.15, 0.2) is 0 Å². The Morgan fingerprint density at radius 2 is 1.70 bits per heavy atom. The predicted molar refractivity (Wildman–Crippen MR) is 95.9 cm³/mol. The number of imide groups is 1. The van der Waals surface area contributed by atoms with Crippen molar-refractivity contribution < 1.29 is 24.0 Å². The third-order valence-electron chi connectivity index (χ3n) is 3.89. The zero-order valence-corrected chi connectivity index (χ0v) is 14.6. The Labute approximate surface area is 156 Å². The monoisotopic (exact) mass is 370 g/mol. The molecule has 1 aromatic rings. The van der Waals surface area contributed by atoms with E-state index in [0.717, 1.165) is 10.5 Å². The Morgan fingerprint density at radius 3 is 2.33 bits per heavy atom. The fraction of sp³-hybridized carbons (Fsp3) is 0.316. The molecular formula is C19H20N3O5. The molecule has 0 aliphatic carbocycles. The van der Waals surface area contributed by atoms with Crippen LogP contribution in [0.2, 0.25) is 0 Å². The number of nitrogens with zero attached hydrogens (tertiary/aromatic N) is 1. The minimum Gasteiger partial charge on any atom is -0.347 e. The lowest BCUT2D eigenvalue weighted by molar-refractivity contribution is -0.137. The standard InChI is InChI=1S/C19H20N3O5/c23-13-15(11-14-5-2-1-3-6-14)21-17(25)12-20-16(24)7-4-10-22-18(26)8-9-19(22)27/h1-3,5-6,8-9,15H,4,7,10-12H2,(H,20,24)(H,21,25)/t15-/m0/s1. The van der Waals surface area contributed by atoms with Gasteiger partial charge in [0.25, 0.3) is 11.8 Å². The second-order valence-electron chi connectivity index (χ2n) is 5.97. The van der Waals surface area contributed by atoms with E-state index in [1.807, 2.05) is 30.3 Å². The molecule has 0 saturated carbocycles. The van der Waals surface area contributed by atoms with E-state index in [-0.39, 0.29) is 25.4 Å². The molecule has 1 radical (unpaired) electrons. The third-order valence-corrected chi connectivity index (χ3v) is 3.89. The Morgan fingerprint density at radius 1 is 1.04 bits per heavy atom. The van der Waals surface area contributed by atoms with E-state index in [1.54, 1.807) is 6.29 Å². The molecule has 0 bridgehead atoms. The van der Waals surface area contributed by atoms with E-state index >= 15 is 0 Å². The zero-order chi connectivity index (χ0) is 19.6. The van der Waals surface area contributed by atoms with Gasteiger partial charge in [-0.3, -0.25) is 28.9 Å². The SMILES string of the molecule is O=[C][C@H](Cc1ccccc1)NC(=O)CNC(=O)CCCN1C(=O)C=CC1=O. The molecule has 1 heterocycles. The van der Waals surface area contributed by atoms with Crippen LogP contribution in [-0.2, 0) is 30.4 Å². The van der Waals surface area contributed by atoms with Crippen molar-refractivity contribution in [3.05, 3.63) is 48.0 Å². The van der Waals surface area contributed by atoms with Gasteiger partial charge in [0.05, 0.1) is 12.6 Å². The van der Waals surface area contributed by atoms with Gasteiger partial charge in [-0.05, 0) is 12.0 Å². The minimum atomic E-state index is -0.795. The lowest BCUT2D eigenvalue weighted by Crippen LogP contribution is -2.43. The first-order valence-corrected chi connectivity index (χ1v) is 8.51. The lowest BCUT2D eigenvalue weighted by Gasteiger charge is -2.14. The van der Waals surface area contributed by atoms with E-state index in [0.29, 0.717) is 12.8 Å². The van der Waals surface area contributed by atoms with E-state index in [9.17, 15) is 24.0 Å². The molecule has 0 fully saturated rings. The molecule has 0 spiro atoms. The Bertz CT molecular complexity index is 727. The summed E-state index contributed by atoms with van der Waals surface area (Å²) in [5.41, 5.74) is 0.885. The smallest absolute Gasteiger partial charge is 0.253 e. The Balaban J connectivity index is 1.65. The highest BCUT2D eigenvalue weighted by Gasteiger charge is 2.22. The van der Waals surface area contributed by atoms with E-state index < -0.39 is 23.8 Å². The van der Waals surface area contributed by atoms with E-state index in [1.165, 1.54) is 12.2 Å². The van der Waals surface area contributed by atoms with Crippen LogP contribution in [0.15, 0.2) is 42.5 Å². The number of hydrogen-bond acceptors (Lipinski definition) is 5. The first-order valence-electron chi connectivity index (χ1n) is 8.51. The molecule has 0 unspecified atom stereocenters. The summed E-state index contributed by atoms with van der Waals surface area (Å²) in [6.45, 7) is -0.127. The minimum absolute atomic E-state index is 0.0671. The van der Waals surface area contributed by atoms with Gasteiger partial charge in [-0.25, -0.2) is 0 Å². The van der Waals surface area contributed by atoms with Crippen LogP contribution in [0, 0.1) is 0 Å². The van der Waals surface area contributed by atoms with Crippen LogP contribution < -0.4 is 10.6 Å². The van der Waals surface area contributed by atoms with Gasteiger partial charge in [0.2, 0.25) is 18.1 Å². The topological polar surface area (TPSA) is 113 Å². The summed E-state index contributed by atoms with van der Waals surface area (Å²) < 4.78 is 0. The van der Waals surface area contributed by atoms with Crippen LogP contribution in [0.3, 0.4) is 0 Å². The molecule has 8 nitrogen and oxygen atoms in total. The van der Waals surface area contributed by atoms with Crippen LogP contribution >= 0.6 is 0 Å². The van der Waals surface area contributed by atoms with Crippen LogP contribution in [-0.4, -0.2) is 53.9 Å². The molecule has 0 aromatic heterocycles. The number of rotatable bonds is 10. The van der Waals surface area contributed by atoms with Crippen molar-refractivity contribution in [1.29, 1.82) is 0 Å². The number of nitrogens with one attached hydrogen (secondary N) is 2. The summed E-state index contributed by atoms with van der Waals surface area (Å²) in [4.78, 5) is 58.4. The van der Waals surface area contributed by atoms with Crippen molar-refractivity contribution in [1.82, 2.24) is 15.5 Å². The maximum absolute atomic E-state index is 11.9. The molecule has 8 heteroatoms. The normalized spacial score (nSPS) is 14.1. The summed E-state index contributed by atoms with van der Waals surface area (Å²) in [6.07, 6.45) is 4.82. The first-order chi connectivity index (χ1) is 13.0. The summed E-state index contributed by atoms with van der Waals surface area (Å²) in [6, 6.07) is 8.39. The van der Waals surface area contributed by atoms with Crippen molar-refractivity contribution in [2.24, 2.45) is 0 Å². The molecule has 2 rings (SSSR count). The molecule has 0 saturated heterocycles. The molecule has 1 atom stereocenters. The average molecular weight is 370 g/mol. The molecule has 1 aromatic carbocycles. The number of amides is 4. The fourth-order valence-corrected chi connectivity index (χ4v) is 2.53. The van der Waals surface area contributed by atoms with Gasteiger partial charge in [-0.1, -0.05) is 30.3 Å². The summed E-state index contributed by atoms with van der Waals surface area (Å²) in [5.74, 6) is -1.67. The van der Waals surface area contributed by atoms with Crippen molar-refractivity contribution in [3.63, 3.8) is 0 Å². The molecule has 141 valence electrons. The van der Waals surface area contributed by atoms with Gasteiger partial charge in [0, 0.05) is 31.5 Å². The van der Waals surface area contributed by atoms with Crippen molar-refractivity contribution in [2.45, 2.75) is 25.3 Å². The number of carbonyl (C=O) groups excluding carboxylic acids is 5. The first kappa shape index (κ1) is 20.0. The van der Waals surface area contributed by atoms with Gasteiger partial charge < -0.3 is 10.6 Å². The highest BCUT2D eigenvalue weighted by molar-refractivity contribution is 6.12. The van der Waals surface area contributed by atoms with Crippen LogP contribution in [0.25, 0.3) is 0 Å². The summed E-state index contributed by atoms with van der Waals surface area (Å²) in [7, 11) is 0. The molecule has 2 N–H and O–H groups in total. The number of benzene rings is 1. The highest BCUT2D eigenvalue weighted by Crippen LogP contribution is 2.05. The largest absolute Gasteiger partial charge is 0.347 e. The van der Waals surface area contributed by atoms with Crippen LogP contribution in [0.1, 0.15) is 18.4 Å². The predicted octanol–water partition coefficient (Wildman–Crippen LogP) is -0.355. The molecule has 1 aliphatic rings. The van der Waals surface area contributed by atoms with Crippen LogP contribution in [0.5, 0.6) is 0 Å². The summed E-state index contributed by atoms with van der Waals surface area (Å²) >= 11 is 0. The number of hydrogen-bond donors (Lipinski definition) is 2. The second kappa shape index (κ2) is 10.0. The lowest BCUT2D eigenvalue weighted by atomic mass is 10.1. The molecule has 27 heavy (non-hydrogen) atoms. The number of carbonyl (C=O) groups is 4. The Hall–Kier alpha value is -3.29. The second-order valence-corrected chi connectivity index (χ2v) is 5.97. The van der Waals surface area contributed by atoms with Gasteiger partial charge >= 0.3 is 0 Å². The van der Waals surface area contributed by atoms with Gasteiger partial charge in [-0.15, -0.1) is 0 Å². The maximum atomic E-state index is 11.9. The van der Waals surface area contributed by atoms with Gasteiger partial charge in [0.1, 0.15) is 0 Å². The maximum Gasteiger partial charge on any atom is 0.253 e. The van der Waals surface area contributed by atoms with Gasteiger partial charge in [-0.2, -0.15) is 0 Å². The molecule has 4 amide bonds. The van der Waals surface area contributed by atoms with Crippen molar-refractivity contribution in [2.75, 3.05) is 13.1 Å².